The summed E-state index contributed by atoms with van der Waals surface area (Å²) in [5, 5.41) is 0. The summed E-state index contributed by atoms with van der Waals surface area (Å²) in [6.45, 7) is 1.73. The summed E-state index contributed by atoms with van der Waals surface area (Å²) in [5.74, 6) is 0. The zero-order valence-electron chi connectivity index (χ0n) is 4.37. The zero-order valence-corrected chi connectivity index (χ0v) is 4.37. The average Bonchev–Trinajstić information content (AvgIpc) is 2.15. The Labute approximate surface area is 46.9 Å². The third-order valence-electron chi connectivity index (χ3n) is 1.24. The Hall–Kier alpha value is -0.990. The van der Waals surface area contributed by atoms with E-state index in [0.717, 1.165) is 19.2 Å². The normalized spacial score (nSPS) is 15.5. The molecule has 0 aliphatic carbocycles. The van der Waals surface area contributed by atoms with Gasteiger partial charge in [-0.3, -0.25) is 4.57 Å². The first kappa shape index (κ1) is 3.95. The van der Waals surface area contributed by atoms with Crippen LogP contribution in [0.3, 0.4) is 0 Å². The molecule has 8 heavy (non-hydrogen) atoms. The molecule has 0 N–H and O–H groups in total. The van der Waals surface area contributed by atoms with Gasteiger partial charge >= 0.3 is 0 Å². The van der Waals surface area contributed by atoms with Crippen molar-refractivity contribution in [2.24, 2.45) is 0 Å². The van der Waals surface area contributed by atoms with Gasteiger partial charge in [-0.25, -0.2) is 4.98 Å². The predicted molar refractivity (Wildman–Crippen MR) is 27.7 cm³/mol. The number of hydrogen-bond donors (Lipinski definition) is 0. The predicted octanol–water partition coefficient (Wildman–Crippen LogP) is 0.275. The molecule has 0 fully saturated rings. The molecule has 0 spiro atoms. The molecule has 3 heteroatoms. The number of nitrogens with zero attached hydrogens (tertiary/aromatic N) is 2. The lowest BCUT2D eigenvalue weighted by Crippen LogP contribution is -1.90. The van der Waals surface area contributed by atoms with Crippen LogP contribution in [0, 0.1) is 0 Å². The van der Waals surface area contributed by atoms with E-state index < -0.39 is 0 Å². The summed E-state index contributed by atoms with van der Waals surface area (Å²) < 4.78 is 7.08. The van der Waals surface area contributed by atoms with E-state index >= 15 is 0 Å². The van der Waals surface area contributed by atoms with E-state index in [-0.39, 0.29) is 0 Å². The molecule has 2 heterocycles. The molecule has 0 aromatic carbocycles. The van der Waals surface area contributed by atoms with Crippen molar-refractivity contribution in [3.05, 3.63) is 12.4 Å². The third-order valence-corrected chi connectivity index (χ3v) is 1.24. The van der Waals surface area contributed by atoms with Gasteiger partial charge in [0.05, 0.1) is 6.54 Å². The molecule has 0 bridgehead atoms. The molecule has 0 unspecified atom stereocenters. The first-order valence-electron chi connectivity index (χ1n) is 2.61. The SMILES string of the molecule is c1cn2c(n1)OCC2. The number of fused-ring (bicyclic) bond motifs is 1. The first-order chi connectivity index (χ1) is 3.97. The standard InChI is InChI=1S/C5H6N2O/c1-2-7-3-4-8-5(7)6-1/h1-2H,3-4H2. The van der Waals surface area contributed by atoms with Crippen LogP contribution >= 0.6 is 0 Å². The molecule has 0 saturated carbocycles. The number of rotatable bonds is 0. The molecule has 3 nitrogen and oxygen atoms in total. The summed E-state index contributed by atoms with van der Waals surface area (Å²) in [5.41, 5.74) is 0. The van der Waals surface area contributed by atoms with Gasteiger partial charge < -0.3 is 4.74 Å². The highest BCUT2D eigenvalue weighted by molar-refractivity contribution is 5.01. The van der Waals surface area contributed by atoms with Crippen LogP contribution in [0.15, 0.2) is 12.4 Å². The van der Waals surface area contributed by atoms with Gasteiger partial charge in [-0.1, -0.05) is 0 Å². The number of imidazole rings is 1. The number of hydrogen-bond acceptors (Lipinski definition) is 2. The number of aromatic nitrogens is 2. The molecule has 1 aliphatic rings. The van der Waals surface area contributed by atoms with Gasteiger partial charge in [-0.05, 0) is 0 Å². The smallest absolute Gasteiger partial charge is 0.296 e. The molecule has 0 atom stereocenters. The van der Waals surface area contributed by atoms with Crippen molar-refractivity contribution in [3.8, 4) is 6.01 Å². The Balaban J connectivity index is 2.54. The van der Waals surface area contributed by atoms with Crippen LogP contribution in [0.2, 0.25) is 0 Å². The molecule has 1 aromatic heterocycles. The Morgan fingerprint density at radius 1 is 1.75 bits per heavy atom. The van der Waals surface area contributed by atoms with Gasteiger partial charge in [0, 0.05) is 12.4 Å². The van der Waals surface area contributed by atoms with Gasteiger partial charge in [-0.15, -0.1) is 0 Å². The lowest BCUT2D eigenvalue weighted by molar-refractivity contribution is 0.345. The second kappa shape index (κ2) is 1.24. The van der Waals surface area contributed by atoms with Crippen LogP contribution in [-0.4, -0.2) is 16.2 Å². The molecule has 2 rings (SSSR count). The van der Waals surface area contributed by atoms with Gasteiger partial charge in [-0.2, -0.15) is 0 Å². The minimum absolute atomic E-state index is 0.755. The molecule has 1 aliphatic heterocycles. The van der Waals surface area contributed by atoms with Crippen molar-refractivity contribution < 1.29 is 4.74 Å². The van der Waals surface area contributed by atoms with E-state index in [1.165, 1.54) is 0 Å². The highest BCUT2D eigenvalue weighted by atomic mass is 16.5. The minimum Gasteiger partial charge on any atom is -0.463 e. The van der Waals surface area contributed by atoms with Crippen molar-refractivity contribution in [1.82, 2.24) is 9.55 Å². The van der Waals surface area contributed by atoms with Gasteiger partial charge in [0.25, 0.3) is 6.01 Å². The van der Waals surface area contributed by atoms with E-state index in [9.17, 15) is 0 Å². The quantitative estimate of drug-likeness (QED) is 0.479. The van der Waals surface area contributed by atoms with Crippen molar-refractivity contribution in [3.63, 3.8) is 0 Å². The fourth-order valence-electron chi connectivity index (χ4n) is 0.841. The van der Waals surface area contributed by atoms with Crippen LogP contribution in [0.5, 0.6) is 6.01 Å². The maximum absolute atomic E-state index is 5.09. The summed E-state index contributed by atoms with van der Waals surface area (Å²) in [7, 11) is 0. The fourth-order valence-corrected chi connectivity index (χ4v) is 0.841. The third kappa shape index (κ3) is 0.358. The Kier molecular flexibility index (Phi) is 0.614. The van der Waals surface area contributed by atoms with Crippen LogP contribution < -0.4 is 4.74 Å². The molecule has 0 radical (unpaired) electrons. The maximum Gasteiger partial charge on any atom is 0.296 e. The highest BCUT2D eigenvalue weighted by Crippen LogP contribution is 2.11. The zero-order chi connectivity index (χ0) is 5.40. The molecule has 42 valence electrons. The van der Waals surface area contributed by atoms with Crippen LogP contribution in [0.25, 0.3) is 0 Å². The number of ether oxygens (including phenoxy) is 1. The van der Waals surface area contributed by atoms with Gasteiger partial charge in [0.1, 0.15) is 6.61 Å². The second-order valence-corrected chi connectivity index (χ2v) is 1.75. The lowest BCUT2D eigenvalue weighted by Gasteiger charge is -1.85. The molecular weight excluding hydrogens is 104 g/mol. The van der Waals surface area contributed by atoms with Crippen molar-refractivity contribution in [1.29, 1.82) is 0 Å². The van der Waals surface area contributed by atoms with Crippen molar-refractivity contribution >= 4 is 0 Å². The summed E-state index contributed by atoms with van der Waals surface area (Å²) in [6, 6.07) is 0.755. The average molecular weight is 110 g/mol. The maximum atomic E-state index is 5.09. The summed E-state index contributed by atoms with van der Waals surface area (Å²) in [6.07, 6.45) is 3.66. The Morgan fingerprint density at radius 3 is 3.62 bits per heavy atom. The van der Waals surface area contributed by atoms with E-state index in [0.29, 0.717) is 0 Å². The topological polar surface area (TPSA) is 27.1 Å². The van der Waals surface area contributed by atoms with Gasteiger partial charge in [0.2, 0.25) is 0 Å². The first-order valence-corrected chi connectivity index (χ1v) is 2.61. The monoisotopic (exact) mass is 110 g/mol. The van der Waals surface area contributed by atoms with Crippen molar-refractivity contribution in [2.75, 3.05) is 6.61 Å². The Morgan fingerprint density at radius 2 is 2.75 bits per heavy atom. The van der Waals surface area contributed by atoms with E-state index in [1.54, 1.807) is 6.20 Å². The van der Waals surface area contributed by atoms with E-state index in [1.807, 2.05) is 10.8 Å². The molecule has 0 saturated heterocycles. The van der Waals surface area contributed by atoms with E-state index in [4.69, 9.17) is 4.74 Å². The second-order valence-electron chi connectivity index (χ2n) is 1.75. The van der Waals surface area contributed by atoms with Crippen LogP contribution in [-0.2, 0) is 6.54 Å². The minimum atomic E-state index is 0.755. The highest BCUT2D eigenvalue weighted by Gasteiger charge is 2.09. The largest absolute Gasteiger partial charge is 0.463 e. The van der Waals surface area contributed by atoms with Crippen LogP contribution in [0.4, 0.5) is 0 Å². The van der Waals surface area contributed by atoms with Crippen LogP contribution in [0.1, 0.15) is 0 Å². The summed E-state index contributed by atoms with van der Waals surface area (Å²) in [4.78, 5) is 3.94. The molecule has 1 aromatic rings. The van der Waals surface area contributed by atoms with Crippen molar-refractivity contribution in [2.45, 2.75) is 6.54 Å². The molecular formula is C5H6N2O. The van der Waals surface area contributed by atoms with Gasteiger partial charge in [0.15, 0.2) is 0 Å². The Bertz CT molecular complexity index is 176. The summed E-state index contributed by atoms with van der Waals surface area (Å²) >= 11 is 0. The molecule has 0 amide bonds. The fraction of sp³-hybridized carbons (Fsp3) is 0.400. The lowest BCUT2D eigenvalue weighted by atomic mass is 10.7. The van der Waals surface area contributed by atoms with E-state index in [2.05, 4.69) is 4.98 Å².